The zero-order valence-corrected chi connectivity index (χ0v) is 10.2. The van der Waals surface area contributed by atoms with Crippen LogP contribution in [0.4, 0.5) is 0 Å². The number of carbonyl (C=O) groups is 1. The fourth-order valence-corrected chi connectivity index (χ4v) is 2.00. The van der Waals surface area contributed by atoms with Gasteiger partial charge in [0.25, 0.3) is 0 Å². The number of hydrogen-bond donors (Lipinski definition) is 0. The van der Waals surface area contributed by atoms with Crippen LogP contribution in [-0.4, -0.2) is 37.1 Å². The van der Waals surface area contributed by atoms with Crippen molar-refractivity contribution in [1.82, 2.24) is 4.90 Å². The normalized spacial score (nSPS) is 21.3. The molecule has 1 unspecified atom stereocenters. The molecule has 1 atom stereocenters. The van der Waals surface area contributed by atoms with E-state index in [0.29, 0.717) is 0 Å². The van der Waals surface area contributed by atoms with Gasteiger partial charge in [-0.1, -0.05) is 13.3 Å². The Hall–Kier alpha value is -0.570. The molecular weight excluding hydrogens is 190 g/mol. The summed E-state index contributed by atoms with van der Waals surface area (Å²) in [5, 5.41) is 0. The van der Waals surface area contributed by atoms with Crippen LogP contribution in [0.1, 0.15) is 39.5 Å². The second-order valence-corrected chi connectivity index (χ2v) is 4.61. The van der Waals surface area contributed by atoms with Gasteiger partial charge in [-0.15, -0.1) is 0 Å². The van der Waals surface area contributed by atoms with Crippen LogP contribution in [-0.2, 0) is 9.53 Å². The Labute approximate surface area is 92.8 Å². The molecule has 1 rings (SSSR count). The summed E-state index contributed by atoms with van der Waals surface area (Å²) >= 11 is 0. The van der Waals surface area contributed by atoms with Gasteiger partial charge in [0, 0.05) is 0 Å². The number of ether oxygens (including phenoxy) is 1. The largest absolute Gasteiger partial charge is 0.462 e. The van der Waals surface area contributed by atoms with Crippen molar-refractivity contribution in [3.8, 4) is 0 Å². The molecule has 0 aromatic heterocycles. The van der Waals surface area contributed by atoms with Gasteiger partial charge in [0.15, 0.2) is 0 Å². The van der Waals surface area contributed by atoms with Crippen molar-refractivity contribution in [2.45, 2.75) is 45.6 Å². The summed E-state index contributed by atoms with van der Waals surface area (Å²) in [6.07, 6.45) is 4.03. The van der Waals surface area contributed by atoms with Gasteiger partial charge in [-0.2, -0.15) is 0 Å². The first-order chi connectivity index (χ1) is 7.13. The number of piperidine rings is 1. The molecule has 0 saturated carbocycles. The minimum Gasteiger partial charge on any atom is -0.462 e. The number of carbonyl (C=O) groups excluding carboxylic acids is 1. The molecule has 15 heavy (non-hydrogen) atoms. The molecule has 0 aromatic rings. The quantitative estimate of drug-likeness (QED) is 0.669. The van der Waals surface area contributed by atoms with Gasteiger partial charge >= 0.3 is 5.97 Å². The number of nitrogens with zero attached hydrogens (tertiary/aromatic N) is 1. The highest BCUT2D eigenvalue weighted by Gasteiger charge is 2.25. The lowest BCUT2D eigenvalue weighted by molar-refractivity contribution is -0.155. The van der Waals surface area contributed by atoms with Crippen molar-refractivity contribution in [3.63, 3.8) is 0 Å². The third-order valence-corrected chi connectivity index (χ3v) is 3.06. The Bertz CT molecular complexity index is 198. The highest BCUT2D eigenvalue weighted by atomic mass is 16.5. The maximum atomic E-state index is 11.7. The monoisotopic (exact) mass is 213 g/mol. The molecule has 0 spiro atoms. The fourth-order valence-electron chi connectivity index (χ4n) is 2.00. The molecule has 1 aliphatic heterocycles. The van der Waals surface area contributed by atoms with Gasteiger partial charge in [0.05, 0.1) is 12.0 Å². The topological polar surface area (TPSA) is 29.5 Å². The molecule has 1 aliphatic rings. The number of likely N-dealkylation sites (tertiary alicyclic amines) is 1. The van der Waals surface area contributed by atoms with Crippen LogP contribution in [0.2, 0.25) is 0 Å². The maximum absolute atomic E-state index is 11.7. The molecular formula is C12H23NO2. The molecule has 0 aliphatic carbocycles. The van der Waals surface area contributed by atoms with Gasteiger partial charge in [0.2, 0.25) is 0 Å². The van der Waals surface area contributed by atoms with Crippen LogP contribution >= 0.6 is 0 Å². The molecule has 0 amide bonds. The average molecular weight is 213 g/mol. The van der Waals surface area contributed by atoms with E-state index in [-0.39, 0.29) is 18.0 Å². The zero-order chi connectivity index (χ0) is 11.3. The Morgan fingerprint density at radius 1 is 1.47 bits per heavy atom. The van der Waals surface area contributed by atoms with Crippen molar-refractivity contribution < 1.29 is 9.53 Å². The van der Waals surface area contributed by atoms with E-state index in [1.54, 1.807) is 0 Å². The first-order valence-electron chi connectivity index (χ1n) is 6.02. The summed E-state index contributed by atoms with van der Waals surface area (Å²) in [7, 11) is 2.10. The summed E-state index contributed by atoms with van der Waals surface area (Å²) in [5.74, 6) is 0.157. The molecule has 3 nitrogen and oxygen atoms in total. The molecule has 0 N–H and O–H groups in total. The SMILES string of the molecule is CCCC(C)OC(=O)C1CCN(C)CC1. The van der Waals surface area contributed by atoms with E-state index < -0.39 is 0 Å². The third kappa shape index (κ3) is 4.20. The van der Waals surface area contributed by atoms with Gasteiger partial charge < -0.3 is 9.64 Å². The van der Waals surface area contributed by atoms with Crippen molar-refractivity contribution in [3.05, 3.63) is 0 Å². The van der Waals surface area contributed by atoms with E-state index in [2.05, 4.69) is 18.9 Å². The van der Waals surface area contributed by atoms with E-state index in [1.165, 1.54) is 0 Å². The van der Waals surface area contributed by atoms with Crippen LogP contribution in [0.25, 0.3) is 0 Å². The van der Waals surface area contributed by atoms with Gasteiger partial charge in [-0.05, 0) is 46.3 Å². The Kier molecular flexibility index (Phi) is 5.09. The van der Waals surface area contributed by atoms with Crippen molar-refractivity contribution in [2.24, 2.45) is 5.92 Å². The molecule has 1 heterocycles. The summed E-state index contributed by atoms with van der Waals surface area (Å²) in [6.45, 7) is 6.13. The standard InChI is InChI=1S/C12H23NO2/c1-4-5-10(2)15-12(14)11-6-8-13(3)9-7-11/h10-11H,4-9H2,1-3H3. The van der Waals surface area contributed by atoms with Gasteiger partial charge in [0.1, 0.15) is 0 Å². The predicted octanol–water partition coefficient (Wildman–Crippen LogP) is 2.06. The van der Waals surface area contributed by atoms with Crippen LogP contribution in [0, 0.1) is 5.92 Å². The Balaban J connectivity index is 2.27. The molecule has 0 aromatic carbocycles. The Morgan fingerprint density at radius 3 is 2.60 bits per heavy atom. The minimum absolute atomic E-state index is 0.0176. The summed E-state index contributed by atoms with van der Waals surface area (Å²) < 4.78 is 5.41. The first-order valence-corrected chi connectivity index (χ1v) is 6.02. The van der Waals surface area contributed by atoms with E-state index in [0.717, 1.165) is 38.8 Å². The first kappa shape index (κ1) is 12.5. The number of hydrogen-bond acceptors (Lipinski definition) is 3. The number of rotatable bonds is 4. The highest BCUT2D eigenvalue weighted by Crippen LogP contribution is 2.18. The van der Waals surface area contributed by atoms with Crippen LogP contribution in [0.3, 0.4) is 0 Å². The third-order valence-electron chi connectivity index (χ3n) is 3.06. The molecule has 1 fully saturated rings. The molecule has 0 bridgehead atoms. The van der Waals surface area contributed by atoms with E-state index >= 15 is 0 Å². The molecule has 88 valence electrons. The molecule has 0 radical (unpaired) electrons. The summed E-state index contributed by atoms with van der Waals surface area (Å²) in [5.41, 5.74) is 0. The van der Waals surface area contributed by atoms with E-state index in [4.69, 9.17) is 4.74 Å². The fraction of sp³-hybridized carbons (Fsp3) is 0.917. The lowest BCUT2D eigenvalue weighted by Gasteiger charge is -2.28. The second kappa shape index (κ2) is 6.11. The van der Waals surface area contributed by atoms with E-state index in [1.807, 2.05) is 6.92 Å². The van der Waals surface area contributed by atoms with Crippen LogP contribution < -0.4 is 0 Å². The van der Waals surface area contributed by atoms with Crippen molar-refractivity contribution in [1.29, 1.82) is 0 Å². The highest BCUT2D eigenvalue weighted by molar-refractivity contribution is 5.72. The number of esters is 1. The second-order valence-electron chi connectivity index (χ2n) is 4.61. The minimum atomic E-state index is 0.0176. The van der Waals surface area contributed by atoms with Crippen molar-refractivity contribution >= 4 is 5.97 Å². The average Bonchev–Trinajstić information content (AvgIpc) is 2.18. The van der Waals surface area contributed by atoms with E-state index in [9.17, 15) is 4.79 Å². The zero-order valence-electron chi connectivity index (χ0n) is 10.2. The molecule has 1 saturated heterocycles. The smallest absolute Gasteiger partial charge is 0.309 e. The lowest BCUT2D eigenvalue weighted by atomic mass is 9.97. The molecule has 3 heteroatoms. The van der Waals surface area contributed by atoms with Crippen LogP contribution in [0.15, 0.2) is 0 Å². The van der Waals surface area contributed by atoms with Crippen LogP contribution in [0.5, 0.6) is 0 Å². The van der Waals surface area contributed by atoms with Gasteiger partial charge in [-0.25, -0.2) is 0 Å². The summed E-state index contributed by atoms with van der Waals surface area (Å²) in [4.78, 5) is 14.0. The predicted molar refractivity (Wildman–Crippen MR) is 60.7 cm³/mol. The lowest BCUT2D eigenvalue weighted by Crippen LogP contribution is -2.35. The summed E-state index contributed by atoms with van der Waals surface area (Å²) in [6, 6.07) is 0. The maximum Gasteiger partial charge on any atom is 0.309 e. The van der Waals surface area contributed by atoms with Gasteiger partial charge in [-0.3, -0.25) is 4.79 Å². The Morgan fingerprint density at radius 2 is 2.07 bits per heavy atom. The van der Waals surface area contributed by atoms with Crippen molar-refractivity contribution in [2.75, 3.05) is 20.1 Å².